The molecule has 2 aromatic carbocycles. The second-order valence-corrected chi connectivity index (χ2v) is 7.29. The van der Waals surface area contributed by atoms with E-state index in [1.165, 1.54) is 19.2 Å². The molecule has 1 N–H and O–H groups in total. The molecule has 3 aromatic rings. The number of nitrogens with one attached hydrogen (secondary N) is 1. The number of carbonyl (C=O) groups is 1. The number of aromatic nitrogens is 1. The third kappa shape index (κ3) is 3.43. The molecule has 1 heterocycles. The minimum atomic E-state index is -0.348. The van der Waals surface area contributed by atoms with Crippen LogP contribution in [0.25, 0.3) is 10.9 Å². The molecule has 4 heteroatoms. The highest BCUT2D eigenvalue weighted by molar-refractivity contribution is 5.89. The zero-order valence-corrected chi connectivity index (χ0v) is 14.9. The van der Waals surface area contributed by atoms with E-state index in [1.807, 2.05) is 24.3 Å². The van der Waals surface area contributed by atoms with Gasteiger partial charge < -0.3 is 9.72 Å². The molecule has 0 saturated carbocycles. The molecule has 0 aliphatic rings. The summed E-state index contributed by atoms with van der Waals surface area (Å²) in [6.07, 6.45) is 0.656. The molecule has 3 rings (SSSR count). The van der Waals surface area contributed by atoms with Gasteiger partial charge in [0, 0.05) is 22.0 Å². The maximum Gasteiger partial charge on any atom is 0.337 e. The zero-order valence-electron chi connectivity index (χ0n) is 14.9. The quantitative estimate of drug-likeness (QED) is 0.684. The predicted octanol–water partition coefficient (Wildman–Crippen LogP) is 4.98. The van der Waals surface area contributed by atoms with Gasteiger partial charge in [-0.3, -0.25) is 0 Å². The summed E-state index contributed by atoms with van der Waals surface area (Å²) < 4.78 is 18.4. The Balaban J connectivity index is 2.10. The SMILES string of the molecule is COC(=O)c1cccc(Cc2c(C(C)(C)C)[nH]c3cc(F)ccc23)c1. The van der Waals surface area contributed by atoms with Gasteiger partial charge in [-0.15, -0.1) is 0 Å². The molecule has 0 fully saturated rings. The van der Waals surface area contributed by atoms with Crippen molar-refractivity contribution in [3.63, 3.8) is 0 Å². The Morgan fingerprint density at radius 1 is 1.16 bits per heavy atom. The van der Waals surface area contributed by atoms with Crippen molar-refractivity contribution in [2.24, 2.45) is 0 Å². The van der Waals surface area contributed by atoms with Crippen LogP contribution >= 0.6 is 0 Å². The van der Waals surface area contributed by atoms with E-state index in [4.69, 9.17) is 4.74 Å². The summed E-state index contributed by atoms with van der Waals surface area (Å²) in [5.41, 5.74) is 4.44. The zero-order chi connectivity index (χ0) is 18.2. The van der Waals surface area contributed by atoms with E-state index in [1.54, 1.807) is 6.07 Å². The molecule has 0 aliphatic carbocycles. The van der Waals surface area contributed by atoms with Gasteiger partial charge >= 0.3 is 5.97 Å². The van der Waals surface area contributed by atoms with Gasteiger partial charge in [0.05, 0.1) is 12.7 Å². The minimum Gasteiger partial charge on any atom is -0.465 e. The number of hydrogen-bond acceptors (Lipinski definition) is 2. The van der Waals surface area contributed by atoms with E-state index in [-0.39, 0.29) is 17.2 Å². The van der Waals surface area contributed by atoms with Crippen LogP contribution in [-0.4, -0.2) is 18.1 Å². The minimum absolute atomic E-state index is 0.106. The molecular formula is C21H22FNO2. The van der Waals surface area contributed by atoms with Gasteiger partial charge in [-0.25, -0.2) is 9.18 Å². The summed E-state index contributed by atoms with van der Waals surface area (Å²) >= 11 is 0. The molecule has 130 valence electrons. The van der Waals surface area contributed by atoms with Gasteiger partial charge in [0.25, 0.3) is 0 Å². The summed E-state index contributed by atoms with van der Waals surface area (Å²) in [6.45, 7) is 6.38. The van der Waals surface area contributed by atoms with E-state index in [9.17, 15) is 9.18 Å². The first-order valence-corrected chi connectivity index (χ1v) is 8.27. The van der Waals surface area contributed by atoms with Gasteiger partial charge in [-0.2, -0.15) is 0 Å². The summed E-state index contributed by atoms with van der Waals surface area (Å²) in [6, 6.07) is 12.3. The van der Waals surface area contributed by atoms with Crippen LogP contribution < -0.4 is 0 Å². The van der Waals surface area contributed by atoms with Crippen molar-refractivity contribution in [1.82, 2.24) is 4.98 Å². The van der Waals surface area contributed by atoms with Crippen molar-refractivity contribution in [1.29, 1.82) is 0 Å². The Labute approximate surface area is 146 Å². The number of esters is 1. The Morgan fingerprint density at radius 3 is 2.60 bits per heavy atom. The number of fused-ring (bicyclic) bond motifs is 1. The Bertz CT molecular complexity index is 935. The average molecular weight is 339 g/mol. The van der Waals surface area contributed by atoms with E-state index in [0.29, 0.717) is 12.0 Å². The Kier molecular flexibility index (Phi) is 4.38. The van der Waals surface area contributed by atoms with Crippen LogP contribution in [0, 0.1) is 5.82 Å². The first-order valence-electron chi connectivity index (χ1n) is 8.27. The molecule has 0 saturated heterocycles. The van der Waals surface area contributed by atoms with E-state index >= 15 is 0 Å². The fourth-order valence-corrected chi connectivity index (χ4v) is 3.18. The van der Waals surface area contributed by atoms with Crippen LogP contribution in [-0.2, 0) is 16.6 Å². The predicted molar refractivity (Wildman–Crippen MR) is 97.5 cm³/mol. The molecule has 0 unspecified atom stereocenters. The largest absolute Gasteiger partial charge is 0.465 e. The third-order valence-electron chi connectivity index (χ3n) is 4.35. The van der Waals surface area contributed by atoms with Crippen molar-refractivity contribution < 1.29 is 13.9 Å². The third-order valence-corrected chi connectivity index (χ3v) is 4.35. The van der Waals surface area contributed by atoms with Crippen molar-refractivity contribution >= 4 is 16.9 Å². The van der Waals surface area contributed by atoms with Crippen molar-refractivity contribution in [2.45, 2.75) is 32.6 Å². The highest BCUT2D eigenvalue weighted by atomic mass is 19.1. The summed E-state index contributed by atoms with van der Waals surface area (Å²) in [4.78, 5) is 15.2. The number of methoxy groups -OCH3 is 1. The van der Waals surface area contributed by atoms with E-state index < -0.39 is 0 Å². The maximum atomic E-state index is 13.6. The second-order valence-electron chi connectivity index (χ2n) is 7.29. The number of halogens is 1. The number of rotatable bonds is 3. The molecule has 0 bridgehead atoms. The van der Waals surface area contributed by atoms with Crippen LogP contribution in [0.4, 0.5) is 4.39 Å². The standard InChI is InChI=1S/C21H22FNO2/c1-21(2,3)19-17(16-9-8-15(22)12-18(16)23-19)11-13-6-5-7-14(10-13)20(24)25-4/h5-10,12,23H,11H2,1-4H3. The topological polar surface area (TPSA) is 42.1 Å². The molecule has 0 amide bonds. The molecule has 25 heavy (non-hydrogen) atoms. The number of H-pyrrole nitrogens is 1. The molecule has 0 atom stereocenters. The van der Waals surface area contributed by atoms with E-state index in [2.05, 4.69) is 25.8 Å². The summed E-state index contributed by atoms with van der Waals surface area (Å²) in [5, 5.41) is 1.01. The van der Waals surface area contributed by atoms with Gasteiger partial charge in [0.1, 0.15) is 5.82 Å². The van der Waals surface area contributed by atoms with Crippen molar-refractivity contribution in [2.75, 3.05) is 7.11 Å². The fourth-order valence-electron chi connectivity index (χ4n) is 3.18. The highest BCUT2D eigenvalue weighted by Crippen LogP contribution is 2.33. The Hall–Kier alpha value is -2.62. The van der Waals surface area contributed by atoms with Crippen LogP contribution in [0.2, 0.25) is 0 Å². The van der Waals surface area contributed by atoms with Crippen LogP contribution in [0.15, 0.2) is 42.5 Å². The number of benzene rings is 2. The number of ether oxygens (including phenoxy) is 1. The van der Waals surface area contributed by atoms with Gasteiger partial charge in [0.15, 0.2) is 0 Å². The lowest BCUT2D eigenvalue weighted by Crippen LogP contribution is -2.14. The molecule has 3 nitrogen and oxygen atoms in total. The lowest BCUT2D eigenvalue weighted by molar-refractivity contribution is 0.0600. The molecule has 0 spiro atoms. The van der Waals surface area contributed by atoms with Gasteiger partial charge in [-0.05, 0) is 47.9 Å². The monoisotopic (exact) mass is 339 g/mol. The smallest absolute Gasteiger partial charge is 0.337 e. The van der Waals surface area contributed by atoms with E-state index in [0.717, 1.165) is 27.7 Å². The number of carbonyl (C=O) groups excluding carboxylic acids is 1. The average Bonchev–Trinajstić information content (AvgIpc) is 2.92. The van der Waals surface area contributed by atoms with Gasteiger partial charge in [-0.1, -0.05) is 32.9 Å². The normalized spacial score (nSPS) is 11.7. The number of hydrogen-bond donors (Lipinski definition) is 1. The second kappa shape index (κ2) is 6.36. The Morgan fingerprint density at radius 2 is 1.92 bits per heavy atom. The maximum absolute atomic E-state index is 13.6. The summed E-state index contributed by atoms with van der Waals surface area (Å²) in [7, 11) is 1.38. The fraction of sp³-hybridized carbons (Fsp3) is 0.286. The van der Waals surface area contributed by atoms with Crippen molar-refractivity contribution in [3.8, 4) is 0 Å². The lowest BCUT2D eigenvalue weighted by atomic mass is 9.86. The highest BCUT2D eigenvalue weighted by Gasteiger charge is 2.23. The molecule has 0 radical (unpaired) electrons. The van der Waals surface area contributed by atoms with Crippen LogP contribution in [0.3, 0.4) is 0 Å². The number of aromatic amines is 1. The van der Waals surface area contributed by atoms with Crippen LogP contribution in [0.1, 0.15) is 48.0 Å². The first-order chi connectivity index (χ1) is 11.8. The van der Waals surface area contributed by atoms with Crippen LogP contribution in [0.5, 0.6) is 0 Å². The first kappa shape index (κ1) is 17.2. The molecule has 1 aromatic heterocycles. The van der Waals surface area contributed by atoms with Crippen molar-refractivity contribution in [3.05, 3.63) is 70.7 Å². The lowest BCUT2D eigenvalue weighted by Gasteiger charge is -2.19. The molecular weight excluding hydrogens is 317 g/mol. The van der Waals surface area contributed by atoms with Gasteiger partial charge in [0.2, 0.25) is 0 Å². The summed E-state index contributed by atoms with van der Waals surface area (Å²) in [5.74, 6) is -0.604. The molecule has 0 aliphatic heterocycles.